The van der Waals surface area contributed by atoms with Crippen molar-refractivity contribution in [1.82, 2.24) is 0 Å². The molecule has 90 valence electrons. The topological polar surface area (TPSA) is 40.5 Å². The van der Waals surface area contributed by atoms with Crippen molar-refractivity contribution in [2.75, 3.05) is 0 Å². The van der Waals surface area contributed by atoms with E-state index in [1.54, 1.807) is 0 Å². The standard InChI is InChI=1S/C14H22O2/c1-9(2)13(15)11-7-5-6-8-12(11)14(16)10(3)4/h5-10,13-16H,1-4H3. The Kier molecular flexibility index (Phi) is 4.51. The van der Waals surface area contributed by atoms with Gasteiger partial charge in [-0.2, -0.15) is 0 Å². The molecule has 0 aliphatic carbocycles. The number of benzene rings is 1. The van der Waals surface area contributed by atoms with Crippen molar-refractivity contribution >= 4 is 0 Å². The number of aliphatic hydroxyl groups is 2. The molecule has 2 heteroatoms. The van der Waals surface area contributed by atoms with Crippen LogP contribution in [0.4, 0.5) is 0 Å². The van der Waals surface area contributed by atoms with Crippen molar-refractivity contribution < 1.29 is 10.2 Å². The largest absolute Gasteiger partial charge is 0.388 e. The average molecular weight is 222 g/mol. The van der Waals surface area contributed by atoms with Crippen molar-refractivity contribution in [3.8, 4) is 0 Å². The minimum absolute atomic E-state index is 0.153. The van der Waals surface area contributed by atoms with Crippen LogP contribution in [0.1, 0.15) is 51.0 Å². The zero-order valence-electron chi connectivity index (χ0n) is 10.5. The summed E-state index contributed by atoms with van der Waals surface area (Å²) in [6.07, 6.45) is -1.02. The summed E-state index contributed by atoms with van der Waals surface area (Å²) in [4.78, 5) is 0. The Morgan fingerprint density at radius 1 is 0.750 bits per heavy atom. The maximum absolute atomic E-state index is 10.1. The number of hydrogen-bond donors (Lipinski definition) is 2. The maximum atomic E-state index is 10.1. The highest BCUT2D eigenvalue weighted by Gasteiger charge is 2.21. The van der Waals surface area contributed by atoms with Crippen LogP contribution in [0.25, 0.3) is 0 Å². The number of rotatable bonds is 4. The van der Waals surface area contributed by atoms with Gasteiger partial charge in [-0.1, -0.05) is 52.0 Å². The van der Waals surface area contributed by atoms with Gasteiger partial charge in [0.05, 0.1) is 12.2 Å². The van der Waals surface area contributed by atoms with E-state index in [0.717, 1.165) is 11.1 Å². The Bertz CT molecular complexity index is 298. The zero-order valence-corrected chi connectivity index (χ0v) is 10.5. The molecule has 0 heterocycles. The van der Waals surface area contributed by atoms with Crippen LogP contribution in [0.3, 0.4) is 0 Å². The van der Waals surface area contributed by atoms with Crippen molar-refractivity contribution in [2.45, 2.75) is 39.9 Å². The highest BCUT2D eigenvalue weighted by atomic mass is 16.3. The van der Waals surface area contributed by atoms with Gasteiger partial charge in [0.2, 0.25) is 0 Å². The molecule has 1 rings (SSSR count). The Labute approximate surface area is 97.9 Å². The van der Waals surface area contributed by atoms with E-state index in [4.69, 9.17) is 0 Å². The summed E-state index contributed by atoms with van der Waals surface area (Å²) in [5.74, 6) is 0.307. The summed E-state index contributed by atoms with van der Waals surface area (Å²) in [7, 11) is 0. The molecule has 0 saturated carbocycles. The number of aliphatic hydroxyl groups excluding tert-OH is 2. The van der Waals surface area contributed by atoms with Gasteiger partial charge in [0, 0.05) is 0 Å². The molecule has 16 heavy (non-hydrogen) atoms. The Hall–Kier alpha value is -0.860. The van der Waals surface area contributed by atoms with Gasteiger partial charge >= 0.3 is 0 Å². The second-order valence-corrected chi connectivity index (χ2v) is 5.01. The van der Waals surface area contributed by atoms with Crippen molar-refractivity contribution in [1.29, 1.82) is 0 Å². The van der Waals surface area contributed by atoms with Crippen LogP contribution < -0.4 is 0 Å². The first-order chi connectivity index (χ1) is 7.45. The van der Waals surface area contributed by atoms with Crippen LogP contribution in [0, 0.1) is 11.8 Å². The molecule has 2 atom stereocenters. The first kappa shape index (κ1) is 13.2. The van der Waals surface area contributed by atoms with Crippen LogP contribution in [0.5, 0.6) is 0 Å². The quantitative estimate of drug-likeness (QED) is 0.822. The lowest BCUT2D eigenvalue weighted by molar-refractivity contribution is 0.104. The van der Waals surface area contributed by atoms with Gasteiger partial charge in [-0.25, -0.2) is 0 Å². The minimum Gasteiger partial charge on any atom is -0.388 e. The fourth-order valence-corrected chi connectivity index (χ4v) is 1.77. The van der Waals surface area contributed by atoms with Crippen LogP contribution >= 0.6 is 0 Å². The van der Waals surface area contributed by atoms with Gasteiger partial charge < -0.3 is 10.2 Å². The van der Waals surface area contributed by atoms with E-state index < -0.39 is 12.2 Å². The molecule has 0 radical (unpaired) electrons. The van der Waals surface area contributed by atoms with Crippen LogP contribution in [-0.2, 0) is 0 Å². The van der Waals surface area contributed by atoms with Gasteiger partial charge in [-0.3, -0.25) is 0 Å². The zero-order chi connectivity index (χ0) is 12.3. The van der Waals surface area contributed by atoms with E-state index in [1.165, 1.54) is 0 Å². The van der Waals surface area contributed by atoms with Crippen molar-refractivity contribution in [3.05, 3.63) is 35.4 Å². The molecule has 1 aromatic rings. The molecule has 0 aliphatic heterocycles. The normalized spacial score (nSPS) is 15.5. The first-order valence-corrected chi connectivity index (χ1v) is 5.90. The molecule has 0 fully saturated rings. The SMILES string of the molecule is CC(C)C(O)c1ccccc1C(O)C(C)C. The molecular weight excluding hydrogens is 200 g/mol. The van der Waals surface area contributed by atoms with Crippen LogP contribution in [-0.4, -0.2) is 10.2 Å². The monoisotopic (exact) mass is 222 g/mol. The summed E-state index contributed by atoms with van der Waals surface area (Å²) in [5, 5.41) is 20.2. The molecule has 0 amide bonds. The van der Waals surface area contributed by atoms with E-state index >= 15 is 0 Å². The molecule has 2 nitrogen and oxygen atoms in total. The predicted molar refractivity (Wildman–Crippen MR) is 66.0 cm³/mol. The van der Waals surface area contributed by atoms with E-state index in [2.05, 4.69) is 0 Å². The molecule has 1 aromatic carbocycles. The smallest absolute Gasteiger partial charge is 0.0816 e. The third-order valence-electron chi connectivity index (χ3n) is 2.90. The summed E-state index contributed by atoms with van der Waals surface area (Å²) >= 11 is 0. The highest BCUT2D eigenvalue weighted by Crippen LogP contribution is 2.31. The molecular formula is C14H22O2. The summed E-state index contributed by atoms with van der Waals surface area (Å²) in [6, 6.07) is 7.59. The second kappa shape index (κ2) is 5.46. The van der Waals surface area contributed by atoms with Gasteiger partial charge in [0.25, 0.3) is 0 Å². The molecule has 0 bridgehead atoms. The average Bonchev–Trinajstić information content (AvgIpc) is 2.26. The lowest BCUT2D eigenvalue weighted by Crippen LogP contribution is -2.13. The Morgan fingerprint density at radius 2 is 1.06 bits per heavy atom. The molecule has 0 aliphatic rings. The third-order valence-corrected chi connectivity index (χ3v) is 2.90. The predicted octanol–water partition coefficient (Wildman–Crippen LogP) is 3.07. The maximum Gasteiger partial charge on any atom is 0.0816 e. The highest BCUT2D eigenvalue weighted by molar-refractivity contribution is 5.31. The first-order valence-electron chi connectivity index (χ1n) is 5.90. The summed E-state index contributed by atoms with van der Waals surface area (Å²) < 4.78 is 0. The molecule has 0 spiro atoms. The summed E-state index contributed by atoms with van der Waals surface area (Å²) in [5.41, 5.74) is 1.69. The van der Waals surface area contributed by atoms with E-state index in [9.17, 15) is 10.2 Å². The lowest BCUT2D eigenvalue weighted by Gasteiger charge is -2.23. The van der Waals surface area contributed by atoms with Crippen molar-refractivity contribution in [3.63, 3.8) is 0 Å². The van der Waals surface area contributed by atoms with Crippen LogP contribution in [0.2, 0.25) is 0 Å². The third kappa shape index (κ3) is 2.83. The molecule has 0 saturated heterocycles. The number of hydrogen-bond acceptors (Lipinski definition) is 2. The lowest BCUT2D eigenvalue weighted by atomic mass is 9.89. The fraction of sp³-hybridized carbons (Fsp3) is 0.571. The van der Waals surface area contributed by atoms with Gasteiger partial charge in [-0.05, 0) is 23.0 Å². The van der Waals surface area contributed by atoms with Gasteiger partial charge in [0.15, 0.2) is 0 Å². The van der Waals surface area contributed by atoms with Gasteiger partial charge in [-0.15, -0.1) is 0 Å². The fourth-order valence-electron chi connectivity index (χ4n) is 1.77. The van der Waals surface area contributed by atoms with E-state index in [1.807, 2.05) is 52.0 Å². The van der Waals surface area contributed by atoms with E-state index in [0.29, 0.717) is 0 Å². The van der Waals surface area contributed by atoms with Crippen molar-refractivity contribution in [2.24, 2.45) is 11.8 Å². The van der Waals surface area contributed by atoms with Crippen LogP contribution in [0.15, 0.2) is 24.3 Å². The second-order valence-electron chi connectivity index (χ2n) is 5.01. The Morgan fingerprint density at radius 3 is 1.31 bits per heavy atom. The molecule has 2 N–H and O–H groups in total. The van der Waals surface area contributed by atoms with E-state index in [-0.39, 0.29) is 11.8 Å². The van der Waals surface area contributed by atoms with Gasteiger partial charge in [0.1, 0.15) is 0 Å². The minimum atomic E-state index is -0.510. The Balaban J connectivity index is 3.09. The molecule has 0 aromatic heterocycles. The summed E-state index contributed by atoms with van der Waals surface area (Å²) in [6.45, 7) is 7.90. The molecule has 2 unspecified atom stereocenters.